The highest BCUT2D eigenvalue weighted by Gasteiger charge is 2.27. The summed E-state index contributed by atoms with van der Waals surface area (Å²) in [5.41, 5.74) is 0. The van der Waals surface area contributed by atoms with Crippen molar-refractivity contribution in [1.82, 2.24) is 0 Å². The molecule has 2 atom stereocenters. The van der Waals surface area contributed by atoms with Gasteiger partial charge in [-0.05, 0) is 12.8 Å². The third kappa shape index (κ3) is 3.92. The van der Waals surface area contributed by atoms with Crippen molar-refractivity contribution in [3.8, 4) is 0 Å². The standard InChI is InChI=1S/C10H20O4/c1-3-5-11-9-10(12-6-4-2)14-8-7-13-9/h9-10H,3-8H2,1-2H3. The topological polar surface area (TPSA) is 36.9 Å². The van der Waals surface area contributed by atoms with Gasteiger partial charge in [0.05, 0.1) is 13.2 Å². The van der Waals surface area contributed by atoms with Gasteiger partial charge in [0.15, 0.2) is 0 Å². The normalized spacial score (nSPS) is 27.9. The first-order valence-corrected chi connectivity index (χ1v) is 5.35. The van der Waals surface area contributed by atoms with E-state index in [1.54, 1.807) is 0 Å². The zero-order chi connectivity index (χ0) is 10.2. The Hall–Kier alpha value is -0.160. The second-order valence-corrected chi connectivity index (χ2v) is 3.22. The van der Waals surface area contributed by atoms with Crippen LogP contribution in [0.25, 0.3) is 0 Å². The maximum atomic E-state index is 5.47. The molecule has 0 N–H and O–H groups in total. The van der Waals surface area contributed by atoms with Gasteiger partial charge in [0.1, 0.15) is 0 Å². The van der Waals surface area contributed by atoms with E-state index in [-0.39, 0.29) is 12.6 Å². The van der Waals surface area contributed by atoms with E-state index in [9.17, 15) is 0 Å². The predicted molar refractivity (Wildman–Crippen MR) is 52.0 cm³/mol. The van der Waals surface area contributed by atoms with Crippen LogP contribution in [0.5, 0.6) is 0 Å². The zero-order valence-electron chi connectivity index (χ0n) is 9.03. The molecule has 4 nitrogen and oxygen atoms in total. The summed E-state index contributed by atoms with van der Waals surface area (Å²) in [6.07, 6.45) is 1.24. The predicted octanol–water partition coefficient (Wildman–Crippen LogP) is 1.54. The number of hydrogen-bond acceptors (Lipinski definition) is 4. The lowest BCUT2D eigenvalue weighted by Gasteiger charge is -2.31. The number of hydrogen-bond donors (Lipinski definition) is 0. The van der Waals surface area contributed by atoms with Crippen molar-refractivity contribution in [2.45, 2.75) is 39.3 Å². The highest BCUT2D eigenvalue weighted by atomic mass is 16.8. The fourth-order valence-corrected chi connectivity index (χ4v) is 1.21. The minimum atomic E-state index is -0.352. The van der Waals surface area contributed by atoms with Crippen molar-refractivity contribution in [1.29, 1.82) is 0 Å². The van der Waals surface area contributed by atoms with Gasteiger partial charge < -0.3 is 18.9 Å². The Bertz CT molecular complexity index is 124. The van der Waals surface area contributed by atoms with Crippen molar-refractivity contribution in [3.05, 3.63) is 0 Å². The van der Waals surface area contributed by atoms with Crippen LogP contribution in [-0.2, 0) is 18.9 Å². The molecule has 1 saturated heterocycles. The molecule has 0 aromatic carbocycles. The summed E-state index contributed by atoms with van der Waals surface area (Å²) in [5, 5.41) is 0. The fraction of sp³-hybridized carbons (Fsp3) is 1.00. The maximum Gasteiger partial charge on any atom is 0.209 e. The zero-order valence-corrected chi connectivity index (χ0v) is 9.03. The van der Waals surface area contributed by atoms with Crippen molar-refractivity contribution < 1.29 is 18.9 Å². The first-order chi connectivity index (χ1) is 6.88. The molecule has 0 radical (unpaired) electrons. The first kappa shape index (κ1) is 11.9. The van der Waals surface area contributed by atoms with E-state index < -0.39 is 0 Å². The molecule has 1 aliphatic rings. The number of rotatable bonds is 6. The molecule has 0 saturated carbocycles. The molecule has 0 spiro atoms. The summed E-state index contributed by atoms with van der Waals surface area (Å²) in [6.45, 7) is 6.65. The molecular formula is C10H20O4. The van der Waals surface area contributed by atoms with Gasteiger partial charge in [0, 0.05) is 13.2 Å². The molecule has 1 rings (SSSR count). The highest BCUT2D eigenvalue weighted by Crippen LogP contribution is 2.13. The Labute approximate surface area is 85.5 Å². The van der Waals surface area contributed by atoms with Gasteiger partial charge >= 0.3 is 0 Å². The molecule has 0 aromatic rings. The fourth-order valence-electron chi connectivity index (χ4n) is 1.21. The van der Waals surface area contributed by atoms with Crippen LogP contribution >= 0.6 is 0 Å². The molecule has 0 bridgehead atoms. The lowest BCUT2D eigenvalue weighted by atomic mass is 10.5. The van der Waals surface area contributed by atoms with E-state index in [1.807, 2.05) is 0 Å². The molecule has 0 aliphatic carbocycles. The van der Waals surface area contributed by atoms with Crippen LogP contribution in [0.4, 0.5) is 0 Å². The summed E-state index contributed by atoms with van der Waals surface area (Å²) in [4.78, 5) is 0. The van der Waals surface area contributed by atoms with Gasteiger partial charge in [-0.15, -0.1) is 0 Å². The largest absolute Gasteiger partial charge is 0.348 e. The van der Waals surface area contributed by atoms with Crippen molar-refractivity contribution >= 4 is 0 Å². The third-order valence-electron chi connectivity index (χ3n) is 1.84. The molecule has 14 heavy (non-hydrogen) atoms. The first-order valence-electron chi connectivity index (χ1n) is 5.35. The quantitative estimate of drug-likeness (QED) is 0.657. The third-order valence-corrected chi connectivity index (χ3v) is 1.84. The molecule has 1 fully saturated rings. The van der Waals surface area contributed by atoms with Crippen LogP contribution in [0.15, 0.2) is 0 Å². The molecule has 0 amide bonds. The van der Waals surface area contributed by atoms with Gasteiger partial charge in [0.2, 0.25) is 12.6 Å². The van der Waals surface area contributed by atoms with Crippen LogP contribution in [-0.4, -0.2) is 39.0 Å². The van der Waals surface area contributed by atoms with E-state index in [2.05, 4.69) is 13.8 Å². The average Bonchev–Trinajstić information content (AvgIpc) is 2.24. The summed E-state index contributed by atoms with van der Waals surface area (Å²) in [7, 11) is 0. The van der Waals surface area contributed by atoms with Crippen molar-refractivity contribution in [2.75, 3.05) is 26.4 Å². The van der Waals surface area contributed by atoms with E-state index in [0.717, 1.165) is 12.8 Å². The van der Waals surface area contributed by atoms with Crippen molar-refractivity contribution in [2.24, 2.45) is 0 Å². The average molecular weight is 204 g/mol. The van der Waals surface area contributed by atoms with Gasteiger partial charge in [-0.25, -0.2) is 0 Å². The Morgan fingerprint density at radius 2 is 1.36 bits per heavy atom. The smallest absolute Gasteiger partial charge is 0.209 e. The van der Waals surface area contributed by atoms with E-state index >= 15 is 0 Å². The molecule has 0 aromatic heterocycles. The van der Waals surface area contributed by atoms with Gasteiger partial charge in [0.25, 0.3) is 0 Å². The van der Waals surface area contributed by atoms with Crippen molar-refractivity contribution in [3.63, 3.8) is 0 Å². The lowest BCUT2D eigenvalue weighted by Crippen LogP contribution is -2.42. The van der Waals surface area contributed by atoms with Crippen LogP contribution in [0.3, 0.4) is 0 Å². The minimum Gasteiger partial charge on any atom is -0.348 e. The SMILES string of the molecule is CCCOC1OCCOC1OCCC. The monoisotopic (exact) mass is 204 g/mol. The Morgan fingerprint density at radius 3 is 1.71 bits per heavy atom. The summed E-state index contributed by atoms with van der Waals surface area (Å²) < 4.78 is 21.8. The lowest BCUT2D eigenvalue weighted by molar-refractivity contribution is -0.320. The number of ether oxygens (including phenoxy) is 4. The second-order valence-electron chi connectivity index (χ2n) is 3.22. The van der Waals surface area contributed by atoms with E-state index in [1.165, 1.54) is 0 Å². The molecule has 1 heterocycles. The van der Waals surface area contributed by atoms with Gasteiger partial charge in [-0.3, -0.25) is 0 Å². The van der Waals surface area contributed by atoms with Crippen LogP contribution in [0.2, 0.25) is 0 Å². The Morgan fingerprint density at radius 1 is 0.929 bits per heavy atom. The minimum absolute atomic E-state index is 0.352. The summed E-state index contributed by atoms with van der Waals surface area (Å²) >= 11 is 0. The molecule has 1 aliphatic heterocycles. The van der Waals surface area contributed by atoms with E-state index in [4.69, 9.17) is 18.9 Å². The van der Waals surface area contributed by atoms with Crippen LogP contribution in [0, 0.1) is 0 Å². The van der Waals surface area contributed by atoms with Crippen LogP contribution < -0.4 is 0 Å². The van der Waals surface area contributed by atoms with Gasteiger partial charge in [-0.1, -0.05) is 13.8 Å². The molecule has 84 valence electrons. The Balaban J connectivity index is 2.26. The molecule has 4 heteroatoms. The Kier molecular flexibility index (Phi) is 6.10. The second kappa shape index (κ2) is 7.17. The van der Waals surface area contributed by atoms with Gasteiger partial charge in [-0.2, -0.15) is 0 Å². The molecule has 2 unspecified atom stereocenters. The summed E-state index contributed by atoms with van der Waals surface area (Å²) in [5.74, 6) is 0. The van der Waals surface area contributed by atoms with Crippen LogP contribution in [0.1, 0.15) is 26.7 Å². The van der Waals surface area contributed by atoms with E-state index in [0.29, 0.717) is 26.4 Å². The highest BCUT2D eigenvalue weighted by molar-refractivity contribution is 4.57. The molecular weight excluding hydrogens is 184 g/mol. The summed E-state index contributed by atoms with van der Waals surface area (Å²) in [6, 6.07) is 0. The maximum absolute atomic E-state index is 5.47.